The van der Waals surface area contributed by atoms with Crippen LogP contribution in [0.2, 0.25) is 0 Å². The van der Waals surface area contributed by atoms with Crippen molar-refractivity contribution in [2.45, 2.75) is 13.8 Å². The van der Waals surface area contributed by atoms with E-state index in [0.29, 0.717) is 11.3 Å². The molecule has 2 aromatic carbocycles. The Morgan fingerprint density at radius 1 is 1.14 bits per heavy atom. The molecule has 0 amide bonds. The van der Waals surface area contributed by atoms with E-state index in [2.05, 4.69) is 10.6 Å². The van der Waals surface area contributed by atoms with Gasteiger partial charge in [-0.1, -0.05) is 18.2 Å². The van der Waals surface area contributed by atoms with Crippen molar-refractivity contribution in [3.63, 3.8) is 0 Å². The van der Waals surface area contributed by atoms with Crippen LogP contribution in [0.15, 0.2) is 48.5 Å². The average molecular weight is 273 g/mol. The van der Waals surface area contributed by atoms with Gasteiger partial charge in [0.1, 0.15) is 0 Å². The summed E-state index contributed by atoms with van der Waals surface area (Å²) >= 11 is 0. The molecule has 1 heterocycles. The zero-order valence-corrected chi connectivity index (χ0v) is 12.0. The maximum Gasteiger partial charge on any atom is 0.0991 e. The molecule has 0 saturated heterocycles. The number of para-hydroxylation sites is 1. The minimum absolute atomic E-state index is 0.516. The third kappa shape index (κ3) is 2.02. The molecule has 0 saturated carbocycles. The second-order valence-electron chi connectivity index (χ2n) is 5.10. The van der Waals surface area contributed by atoms with Crippen LogP contribution in [-0.4, -0.2) is 10.3 Å². The van der Waals surface area contributed by atoms with E-state index in [9.17, 15) is 0 Å². The van der Waals surface area contributed by atoms with E-state index < -0.39 is 0 Å². The standard InChI is InChI=1S/C18H15N3/c1-12(20)18-13(2)21(15-6-4-3-5-7-15)17-9-8-14(11-19)10-16(17)18/h3-10,20H,1-2H3. The Morgan fingerprint density at radius 3 is 2.48 bits per heavy atom. The van der Waals surface area contributed by atoms with Crippen LogP contribution in [0.3, 0.4) is 0 Å². The molecule has 1 N–H and O–H groups in total. The fourth-order valence-corrected chi connectivity index (χ4v) is 2.87. The third-order valence-electron chi connectivity index (χ3n) is 3.72. The molecule has 3 rings (SSSR count). The topological polar surface area (TPSA) is 52.6 Å². The maximum atomic E-state index is 9.11. The van der Waals surface area contributed by atoms with Gasteiger partial charge in [-0.05, 0) is 44.2 Å². The first-order chi connectivity index (χ1) is 10.1. The summed E-state index contributed by atoms with van der Waals surface area (Å²) in [5.74, 6) is 0. The number of aromatic nitrogens is 1. The Labute approximate surface area is 123 Å². The molecule has 3 heteroatoms. The van der Waals surface area contributed by atoms with Crippen molar-refractivity contribution in [2.75, 3.05) is 0 Å². The van der Waals surface area contributed by atoms with E-state index in [1.807, 2.05) is 55.5 Å². The highest BCUT2D eigenvalue weighted by atomic mass is 15.0. The predicted molar refractivity (Wildman–Crippen MR) is 85.2 cm³/mol. The third-order valence-corrected chi connectivity index (χ3v) is 3.72. The lowest BCUT2D eigenvalue weighted by Crippen LogP contribution is -1.99. The Hall–Kier alpha value is -2.86. The first kappa shape index (κ1) is 13.1. The molecular formula is C18H15N3. The predicted octanol–water partition coefficient (Wildman–Crippen LogP) is 4.20. The van der Waals surface area contributed by atoms with E-state index in [4.69, 9.17) is 10.7 Å². The second kappa shape index (κ2) is 4.92. The van der Waals surface area contributed by atoms with E-state index in [1.54, 1.807) is 6.92 Å². The summed E-state index contributed by atoms with van der Waals surface area (Å²) < 4.78 is 2.14. The SMILES string of the molecule is CC(=N)c1c(C)n(-c2ccccc2)c2ccc(C#N)cc12. The normalized spacial score (nSPS) is 10.5. The molecule has 0 radical (unpaired) electrons. The Kier molecular flexibility index (Phi) is 3.08. The molecule has 1 aromatic heterocycles. The van der Waals surface area contributed by atoms with Crippen LogP contribution in [0.5, 0.6) is 0 Å². The molecule has 0 fully saturated rings. The van der Waals surface area contributed by atoms with Crippen molar-refractivity contribution in [3.8, 4) is 11.8 Å². The molecule has 0 atom stereocenters. The summed E-state index contributed by atoms with van der Waals surface area (Å²) in [5, 5.41) is 18.1. The number of benzene rings is 2. The van der Waals surface area contributed by atoms with Crippen molar-refractivity contribution in [1.29, 1.82) is 10.7 Å². The average Bonchev–Trinajstić information content (AvgIpc) is 2.79. The molecule has 21 heavy (non-hydrogen) atoms. The molecule has 102 valence electrons. The van der Waals surface area contributed by atoms with Crippen LogP contribution in [0.4, 0.5) is 0 Å². The van der Waals surface area contributed by atoms with Gasteiger partial charge < -0.3 is 9.98 Å². The number of hydrogen-bond donors (Lipinski definition) is 1. The lowest BCUT2D eigenvalue weighted by Gasteiger charge is -2.08. The van der Waals surface area contributed by atoms with E-state index in [1.165, 1.54) is 0 Å². The maximum absolute atomic E-state index is 9.11. The van der Waals surface area contributed by atoms with E-state index >= 15 is 0 Å². The van der Waals surface area contributed by atoms with E-state index in [-0.39, 0.29) is 0 Å². The van der Waals surface area contributed by atoms with Gasteiger partial charge in [-0.25, -0.2) is 0 Å². The first-order valence-electron chi connectivity index (χ1n) is 6.79. The smallest absolute Gasteiger partial charge is 0.0991 e. The largest absolute Gasteiger partial charge is 0.313 e. The lowest BCUT2D eigenvalue weighted by atomic mass is 10.1. The summed E-state index contributed by atoms with van der Waals surface area (Å²) in [6.07, 6.45) is 0. The Morgan fingerprint density at radius 2 is 1.86 bits per heavy atom. The fraction of sp³-hybridized carbons (Fsp3) is 0.111. The monoisotopic (exact) mass is 273 g/mol. The van der Waals surface area contributed by atoms with Gasteiger partial charge in [-0.2, -0.15) is 5.26 Å². The molecule has 0 aliphatic heterocycles. The van der Waals surface area contributed by atoms with Gasteiger partial charge in [0, 0.05) is 28.0 Å². The number of hydrogen-bond acceptors (Lipinski definition) is 2. The minimum atomic E-state index is 0.516. The van der Waals surface area contributed by atoms with Gasteiger partial charge in [0.2, 0.25) is 0 Å². The van der Waals surface area contributed by atoms with Gasteiger partial charge in [0.15, 0.2) is 0 Å². The molecular weight excluding hydrogens is 258 g/mol. The van der Waals surface area contributed by atoms with Gasteiger partial charge in [-0.15, -0.1) is 0 Å². The molecule has 0 unspecified atom stereocenters. The van der Waals surface area contributed by atoms with Crippen molar-refractivity contribution >= 4 is 16.6 Å². The quantitative estimate of drug-likeness (QED) is 0.699. The van der Waals surface area contributed by atoms with Gasteiger partial charge in [0.05, 0.1) is 17.1 Å². The highest BCUT2D eigenvalue weighted by molar-refractivity contribution is 6.10. The summed E-state index contributed by atoms with van der Waals surface area (Å²) in [7, 11) is 0. The lowest BCUT2D eigenvalue weighted by molar-refractivity contribution is 1.05. The van der Waals surface area contributed by atoms with Crippen molar-refractivity contribution in [3.05, 3.63) is 65.4 Å². The molecule has 0 aliphatic carbocycles. The summed E-state index contributed by atoms with van der Waals surface area (Å²) in [5.41, 5.74) is 5.17. The van der Waals surface area contributed by atoms with Crippen LogP contribution < -0.4 is 0 Å². The molecule has 0 bridgehead atoms. The Balaban J connectivity index is 2.44. The van der Waals surface area contributed by atoms with Crippen LogP contribution in [0, 0.1) is 23.7 Å². The zero-order chi connectivity index (χ0) is 15.0. The van der Waals surface area contributed by atoms with Crippen molar-refractivity contribution in [2.24, 2.45) is 0 Å². The highest BCUT2D eigenvalue weighted by Crippen LogP contribution is 2.30. The summed E-state index contributed by atoms with van der Waals surface area (Å²) in [4.78, 5) is 0. The second-order valence-corrected chi connectivity index (χ2v) is 5.10. The number of nitrogens with one attached hydrogen (secondary N) is 1. The fourth-order valence-electron chi connectivity index (χ4n) is 2.87. The van der Waals surface area contributed by atoms with Crippen LogP contribution >= 0.6 is 0 Å². The summed E-state index contributed by atoms with van der Waals surface area (Å²) in [6, 6.07) is 17.9. The minimum Gasteiger partial charge on any atom is -0.313 e. The van der Waals surface area contributed by atoms with Crippen LogP contribution in [0.1, 0.15) is 23.7 Å². The van der Waals surface area contributed by atoms with Crippen LogP contribution in [-0.2, 0) is 0 Å². The number of fused-ring (bicyclic) bond motifs is 1. The molecule has 0 aliphatic rings. The highest BCUT2D eigenvalue weighted by Gasteiger charge is 2.16. The van der Waals surface area contributed by atoms with E-state index in [0.717, 1.165) is 27.8 Å². The number of rotatable bonds is 2. The zero-order valence-electron chi connectivity index (χ0n) is 12.0. The van der Waals surface area contributed by atoms with Crippen LogP contribution in [0.25, 0.3) is 16.6 Å². The Bertz CT molecular complexity index is 880. The number of nitriles is 1. The first-order valence-corrected chi connectivity index (χ1v) is 6.79. The van der Waals surface area contributed by atoms with Gasteiger partial charge in [-0.3, -0.25) is 0 Å². The molecule has 3 aromatic rings. The molecule has 3 nitrogen and oxygen atoms in total. The van der Waals surface area contributed by atoms with Crippen molar-refractivity contribution < 1.29 is 0 Å². The van der Waals surface area contributed by atoms with Gasteiger partial charge >= 0.3 is 0 Å². The number of nitrogens with zero attached hydrogens (tertiary/aromatic N) is 2. The summed E-state index contributed by atoms with van der Waals surface area (Å²) in [6.45, 7) is 3.81. The van der Waals surface area contributed by atoms with Gasteiger partial charge in [0.25, 0.3) is 0 Å². The molecule has 0 spiro atoms. The van der Waals surface area contributed by atoms with Crippen molar-refractivity contribution in [1.82, 2.24) is 4.57 Å².